The lowest BCUT2D eigenvalue weighted by atomic mass is 10.2. The van der Waals surface area contributed by atoms with Crippen LogP contribution in [0.5, 0.6) is 0 Å². The Balaban J connectivity index is 0. The van der Waals surface area contributed by atoms with E-state index in [9.17, 15) is 9.59 Å². The number of rotatable bonds is 6. The molecule has 0 aromatic heterocycles. The number of aliphatic hydroxyl groups excluding tert-OH is 2. The van der Waals surface area contributed by atoms with Gasteiger partial charge in [-0.3, -0.25) is 9.59 Å². The molecule has 0 fully saturated rings. The van der Waals surface area contributed by atoms with Crippen molar-refractivity contribution in [3.05, 3.63) is 0 Å². The molecule has 0 aromatic rings. The summed E-state index contributed by atoms with van der Waals surface area (Å²) >= 11 is 0. The fourth-order valence-electron chi connectivity index (χ4n) is 0.525. The van der Waals surface area contributed by atoms with Crippen molar-refractivity contribution >= 4 is 11.9 Å². The summed E-state index contributed by atoms with van der Waals surface area (Å²) in [6, 6.07) is -1.83. The van der Waals surface area contributed by atoms with E-state index in [1.807, 2.05) is 0 Å². The molecular weight excluding hydrogens is 220 g/mol. The van der Waals surface area contributed by atoms with Crippen molar-refractivity contribution in [3.63, 3.8) is 0 Å². The fourth-order valence-corrected chi connectivity index (χ4v) is 0.525. The first kappa shape index (κ1) is 17.2. The number of hydrogen-bond acceptors (Lipinski definition) is 6. The van der Waals surface area contributed by atoms with E-state index in [0.29, 0.717) is 0 Å². The first-order valence-electron chi connectivity index (χ1n) is 4.55. The molecule has 0 heterocycles. The van der Waals surface area contributed by atoms with Gasteiger partial charge < -0.3 is 31.9 Å². The fraction of sp³-hybridized carbons (Fsp3) is 0.750. The van der Waals surface area contributed by atoms with Crippen molar-refractivity contribution in [1.29, 1.82) is 0 Å². The smallest absolute Gasteiger partial charge is 0.320 e. The molecule has 0 aromatic carbocycles. The van der Waals surface area contributed by atoms with Crippen molar-refractivity contribution < 1.29 is 30.0 Å². The second-order valence-electron chi connectivity index (χ2n) is 2.91. The summed E-state index contributed by atoms with van der Waals surface area (Å²) in [6.45, 7) is -0.346. The molecule has 0 aliphatic rings. The Kier molecular flexibility index (Phi) is 11.1. The lowest BCUT2D eigenvalue weighted by Gasteiger charge is -2.00. The van der Waals surface area contributed by atoms with Gasteiger partial charge in [0.15, 0.2) is 0 Å². The third-order valence-corrected chi connectivity index (χ3v) is 1.51. The van der Waals surface area contributed by atoms with Gasteiger partial charge in [-0.25, -0.2) is 0 Å². The Morgan fingerprint density at radius 1 is 0.875 bits per heavy atom. The highest BCUT2D eigenvalue weighted by atomic mass is 16.4. The number of carboxylic acids is 2. The number of carboxylic acid groups (broad SMARTS) is 2. The highest BCUT2D eigenvalue weighted by Crippen LogP contribution is 1.84. The van der Waals surface area contributed by atoms with Gasteiger partial charge in [0, 0.05) is 13.2 Å². The highest BCUT2D eigenvalue weighted by Gasteiger charge is 2.09. The van der Waals surface area contributed by atoms with Crippen LogP contribution in [0.2, 0.25) is 0 Å². The maximum Gasteiger partial charge on any atom is 0.320 e. The molecule has 96 valence electrons. The Morgan fingerprint density at radius 2 is 1.12 bits per heavy atom. The maximum atomic E-state index is 9.85. The molecule has 0 rings (SSSR count). The standard InChI is InChI=1S/2C4H9NO3/c2*5-3(1-2-6)4(7)8/h2*3,6H,1-2,5H2,(H,7,8)/t2*3-/m10/s1. The second-order valence-corrected chi connectivity index (χ2v) is 2.91. The predicted octanol–water partition coefficient (Wildman–Crippen LogP) is -2.44. The topological polar surface area (TPSA) is 167 Å². The van der Waals surface area contributed by atoms with Crippen LogP contribution in [0.3, 0.4) is 0 Å². The molecule has 0 amide bonds. The van der Waals surface area contributed by atoms with E-state index in [-0.39, 0.29) is 26.1 Å². The Hall–Kier alpha value is -1.22. The molecule has 8 N–H and O–H groups in total. The summed E-state index contributed by atoms with van der Waals surface area (Å²) in [5.74, 6) is -2.14. The van der Waals surface area contributed by atoms with Crippen LogP contribution in [0.25, 0.3) is 0 Å². The van der Waals surface area contributed by atoms with Crippen molar-refractivity contribution in [2.24, 2.45) is 11.5 Å². The van der Waals surface area contributed by atoms with Crippen LogP contribution in [-0.2, 0) is 9.59 Å². The molecule has 0 saturated carbocycles. The van der Waals surface area contributed by atoms with E-state index in [4.69, 9.17) is 31.9 Å². The molecule has 8 nitrogen and oxygen atoms in total. The van der Waals surface area contributed by atoms with Crippen molar-refractivity contribution in [1.82, 2.24) is 0 Å². The van der Waals surface area contributed by atoms with Gasteiger partial charge in [0.25, 0.3) is 0 Å². The highest BCUT2D eigenvalue weighted by molar-refractivity contribution is 5.73. The van der Waals surface area contributed by atoms with E-state index >= 15 is 0 Å². The van der Waals surface area contributed by atoms with Gasteiger partial charge in [0.2, 0.25) is 0 Å². The van der Waals surface area contributed by atoms with E-state index in [1.165, 1.54) is 0 Å². The van der Waals surface area contributed by atoms with Crippen LogP contribution in [-0.4, -0.2) is 57.7 Å². The van der Waals surface area contributed by atoms with Crippen LogP contribution in [0.15, 0.2) is 0 Å². The van der Waals surface area contributed by atoms with Gasteiger partial charge in [-0.05, 0) is 12.8 Å². The van der Waals surface area contributed by atoms with Crippen LogP contribution in [0, 0.1) is 0 Å². The quantitative estimate of drug-likeness (QED) is 0.296. The van der Waals surface area contributed by atoms with Crippen molar-refractivity contribution in [3.8, 4) is 0 Å². The molecule has 0 unspecified atom stereocenters. The van der Waals surface area contributed by atoms with Gasteiger partial charge in [-0.2, -0.15) is 0 Å². The Labute approximate surface area is 92.5 Å². The first-order chi connectivity index (χ1) is 7.36. The summed E-state index contributed by atoms with van der Waals surface area (Å²) < 4.78 is 0. The summed E-state index contributed by atoms with van der Waals surface area (Å²) in [5, 5.41) is 32.4. The number of aliphatic carboxylic acids is 2. The molecule has 0 saturated heterocycles. The average Bonchev–Trinajstić information content (AvgIpc) is 2.19. The van der Waals surface area contributed by atoms with E-state index in [1.54, 1.807) is 0 Å². The SMILES string of the molecule is N[C@@H](CCO)C(=O)O.N[C@H](CCO)C(=O)O. The van der Waals surface area contributed by atoms with Gasteiger partial charge in [-0.1, -0.05) is 0 Å². The molecule has 0 aliphatic carbocycles. The van der Waals surface area contributed by atoms with Crippen LogP contribution >= 0.6 is 0 Å². The lowest BCUT2D eigenvalue weighted by molar-refractivity contribution is -0.139. The molecule has 0 aliphatic heterocycles. The molecule has 16 heavy (non-hydrogen) atoms. The summed E-state index contributed by atoms with van der Waals surface area (Å²) in [4.78, 5) is 19.7. The van der Waals surface area contributed by atoms with E-state index in [2.05, 4.69) is 0 Å². The second kappa shape index (κ2) is 10.3. The van der Waals surface area contributed by atoms with Crippen LogP contribution in [0.4, 0.5) is 0 Å². The molecule has 0 spiro atoms. The predicted molar refractivity (Wildman–Crippen MR) is 54.6 cm³/mol. The van der Waals surface area contributed by atoms with Gasteiger partial charge in [-0.15, -0.1) is 0 Å². The number of hydrogen-bond donors (Lipinski definition) is 6. The monoisotopic (exact) mass is 238 g/mol. The van der Waals surface area contributed by atoms with Gasteiger partial charge >= 0.3 is 11.9 Å². The third-order valence-electron chi connectivity index (χ3n) is 1.51. The van der Waals surface area contributed by atoms with Gasteiger partial charge in [0.1, 0.15) is 12.1 Å². The Bertz CT molecular complexity index is 189. The summed E-state index contributed by atoms with van der Waals surface area (Å²) in [7, 11) is 0. The third kappa shape index (κ3) is 10.9. The molecule has 0 bridgehead atoms. The van der Waals surface area contributed by atoms with Crippen molar-refractivity contribution in [2.45, 2.75) is 24.9 Å². The molecule has 0 radical (unpaired) electrons. The minimum absolute atomic E-state index is 0.120. The minimum Gasteiger partial charge on any atom is -0.480 e. The van der Waals surface area contributed by atoms with Crippen molar-refractivity contribution in [2.75, 3.05) is 13.2 Å². The Morgan fingerprint density at radius 3 is 1.19 bits per heavy atom. The molecule has 8 heteroatoms. The normalized spacial score (nSPS) is 13.2. The molecule has 2 atom stereocenters. The van der Waals surface area contributed by atoms with Crippen LogP contribution < -0.4 is 11.5 Å². The average molecular weight is 238 g/mol. The zero-order valence-electron chi connectivity index (χ0n) is 8.74. The zero-order chi connectivity index (χ0) is 13.1. The van der Waals surface area contributed by atoms with E-state index in [0.717, 1.165) is 0 Å². The maximum absolute atomic E-state index is 9.85. The van der Waals surface area contributed by atoms with Gasteiger partial charge in [0.05, 0.1) is 0 Å². The number of carbonyl (C=O) groups is 2. The van der Waals surface area contributed by atoms with Crippen LogP contribution in [0.1, 0.15) is 12.8 Å². The van der Waals surface area contributed by atoms with E-state index < -0.39 is 24.0 Å². The number of nitrogens with two attached hydrogens (primary N) is 2. The first-order valence-corrected chi connectivity index (χ1v) is 4.55. The summed E-state index contributed by atoms with van der Waals surface area (Å²) in [5.41, 5.74) is 9.93. The summed E-state index contributed by atoms with van der Waals surface area (Å²) in [6.07, 6.45) is 0.241. The number of aliphatic hydroxyl groups is 2. The minimum atomic E-state index is -1.07. The lowest BCUT2D eigenvalue weighted by Crippen LogP contribution is -2.30. The largest absolute Gasteiger partial charge is 0.480 e. The molecular formula is C8H18N2O6. The zero-order valence-corrected chi connectivity index (χ0v) is 8.74.